The van der Waals surface area contributed by atoms with Crippen molar-refractivity contribution in [3.63, 3.8) is 0 Å². The molecule has 0 radical (unpaired) electrons. The lowest BCUT2D eigenvalue weighted by atomic mass is 9.99. The van der Waals surface area contributed by atoms with Gasteiger partial charge in [-0.25, -0.2) is 0 Å². The highest BCUT2D eigenvalue weighted by molar-refractivity contribution is 5.03. The first-order valence-electron chi connectivity index (χ1n) is 5.93. The van der Waals surface area contributed by atoms with Gasteiger partial charge in [0.15, 0.2) is 0 Å². The van der Waals surface area contributed by atoms with Crippen molar-refractivity contribution >= 4 is 0 Å². The third kappa shape index (κ3) is 6.94. The Morgan fingerprint density at radius 1 is 1.14 bits per heavy atom. The molecule has 0 nitrogen and oxygen atoms in total. The Bertz CT molecular complexity index is 186. The average molecular weight is 194 g/mol. The zero-order valence-electron chi connectivity index (χ0n) is 10.6. The van der Waals surface area contributed by atoms with Gasteiger partial charge in [0, 0.05) is 0 Å². The third-order valence-corrected chi connectivity index (χ3v) is 2.60. The number of hydrogen-bond donors (Lipinski definition) is 0. The summed E-state index contributed by atoms with van der Waals surface area (Å²) in [6, 6.07) is 0. The summed E-state index contributed by atoms with van der Waals surface area (Å²) in [5.74, 6) is 0.737. The summed E-state index contributed by atoms with van der Waals surface area (Å²) < 4.78 is 0. The van der Waals surface area contributed by atoms with E-state index in [1.54, 1.807) is 5.57 Å². The van der Waals surface area contributed by atoms with E-state index in [1.807, 2.05) is 0 Å². The summed E-state index contributed by atoms with van der Waals surface area (Å²) in [5, 5.41) is 0. The van der Waals surface area contributed by atoms with Crippen LogP contribution in [0.25, 0.3) is 0 Å². The Labute approximate surface area is 90.1 Å². The van der Waals surface area contributed by atoms with Gasteiger partial charge in [-0.3, -0.25) is 0 Å². The maximum atomic E-state index is 2.46. The fourth-order valence-corrected chi connectivity index (χ4v) is 1.61. The predicted molar refractivity (Wildman–Crippen MR) is 66.5 cm³/mol. The minimum Gasteiger partial charge on any atom is -0.0859 e. The Morgan fingerprint density at radius 2 is 1.71 bits per heavy atom. The van der Waals surface area contributed by atoms with Crippen LogP contribution in [0.15, 0.2) is 23.3 Å². The van der Waals surface area contributed by atoms with Crippen LogP contribution in [-0.4, -0.2) is 0 Å². The van der Waals surface area contributed by atoms with Gasteiger partial charge < -0.3 is 0 Å². The zero-order valence-corrected chi connectivity index (χ0v) is 10.6. The lowest BCUT2D eigenvalue weighted by Crippen LogP contribution is -1.91. The maximum absolute atomic E-state index is 2.46. The highest BCUT2D eigenvalue weighted by Gasteiger charge is 1.98. The fourth-order valence-electron chi connectivity index (χ4n) is 1.61. The minimum absolute atomic E-state index is 0.737. The topological polar surface area (TPSA) is 0 Å². The first-order valence-corrected chi connectivity index (χ1v) is 5.93. The van der Waals surface area contributed by atoms with Crippen LogP contribution in [0.4, 0.5) is 0 Å². The van der Waals surface area contributed by atoms with Crippen molar-refractivity contribution in [3.05, 3.63) is 23.3 Å². The SMILES string of the molecule is CCC(=CC(C)CCC=C(C)C)CC. The van der Waals surface area contributed by atoms with Crippen LogP contribution in [0.2, 0.25) is 0 Å². The molecule has 0 amide bonds. The molecule has 1 atom stereocenters. The van der Waals surface area contributed by atoms with E-state index in [9.17, 15) is 0 Å². The van der Waals surface area contributed by atoms with Gasteiger partial charge in [-0.1, -0.05) is 44.1 Å². The van der Waals surface area contributed by atoms with Gasteiger partial charge in [0.05, 0.1) is 0 Å². The second-order valence-corrected chi connectivity index (χ2v) is 4.37. The first-order chi connectivity index (χ1) is 6.60. The van der Waals surface area contributed by atoms with E-state index in [2.05, 4.69) is 46.8 Å². The zero-order chi connectivity index (χ0) is 11.0. The van der Waals surface area contributed by atoms with E-state index < -0.39 is 0 Å². The van der Waals surface area contributed by atoms with Gasteiger partial charge in [0.25, 0.3) is 0 Å². The van der Waals surface area contributed by atoms with Gasteiger partial charge in [0.1, 0.15) is 0 Å². The van der Waals surface area contributed by atoms with Crippen LogP contribution in [0, 0.1) is 5.92 Å². The lowest BCUT2D eigenvalue weighted by Gasteiger charge is -2.07. The normalized spacial score (nSPS) is 12.1. The summed E-state index contributed by atoms with van der Waals surface area (Å²) in [7, 11) is 0. The smallest absolute Gasteiger partial charge is 0.0256 e. The van der Waals surface area contributed by atoms with Crippen molar-refractivity contribution in [2.75, 3.05) is 0 Å². The molecule has 0 aliphatic heterocycles. The van der Waals surface area contributed by atoms with Gasteiger partial charge >= 0.3 is 0 Å². The van der Waals surface area contributed by atoms with Crippen molar-refractivity contribution in [1.29, 1.82) is 0 Å². The van der Waals surface area contributed by atoms with Crippen LogP contribution in [0.5, 0.6) is 0 Å². The molecule has 0 heteroatoms. The first kappa shape index (κ1) is 13.5. The second-order valence-electron chi connectivity index (χ2n) is 4.37. The van der Waals surface area contributed by atoms with Gasteiger partial charge in [0.2, 0.25) is 0 Å². The molecule has 0 bridgehead atoms. The van der Waals surface area contributed by atoms with Crippen LogP contribution >= 0.6 is 0 Å². The summed E-state index contributed by atoms with van der Waals surface area (Å²) in [5.41, 5.74) is 3.04. The quantitative estimate of drug-likeness (QED) is 0.515. The average Bonchev–Trinajstić information content (AvgIpc) is 2.13. The molecule has 0 aliphatic carbocycles. The molecular weight excluding hydrogens is 168 g/mol. The van der Waals surface area contributed by atoms with E-state index in [0.717, 1.165) is 5.92 Å². The molecule has 0 aromatic rings. The number of allylic oxidation sites excluding steroid dienone is 4. The summed E-state index contributed by atoms with van der Waals surface area (Å²) >= 11 is 0. The van der Waals surface area contributed by atoms with Crippen LogP contribution < -0.4 is 0 Å². The van der Waals surface area contributed by atoms with Crippen LogP contribution in [0.3, 0.4) is 0 Å². The molecule has 0 saturated carbocycles. The van der Waals surface area contributed by atoms with Gasteiger partial charge in [-0.15, -0.1) is 0 Å². The molecule has 0 spiro atoms. The van der Waals surface area contributed by atoms with Crippen molar-refractivity contribution in [1.82, 2.24) is 0 Å². The molecule has 0 aromatic carbocycles. The monoisotopic (exact) mass is 194 g/mol. The Hall–Kier alpha value is -0.520. The number of rotatable bonds is 6. The summed E-state index contributed by atoms with van der Waals surface area (Å²) in [6.45, 7) is 11.2. The van der Waals surface area contributed by atoms with E-state index in [1.165, 1.54) is 31.3 Å². The molecule has 82 valence electrons. The van der Waals surface area contributed by atoms with E-state index >= 15 is 0 Å². The highest BCUT2D eigenvalue weighted by atomic mass is 14.0. The maximum Gasteiger partial charge on any atom is -0.0256 e. The van der Waals surface area contributed by atoms with Gasteiger partial charge in [-0.05, 0) is 45.4 Å². The molecule has 0 saturated heterocycles. The van der Waals surface area contributed by atoms with E-state index in [0.29, 0.717) is 0 Å². The third-order valence-electron chi connectivity index (χ3n) is 2.60. The van der Waals surface area contributed by atoms with Crippen molar-refractivity contribution in [2.45, 2.75) is 60.3 Å². The van der Waals surface area contributed by atoms with Crippen LogP contribution in [0.1, 0.15) is 60.3 Å². The molecule has 0 fully saturated rings. The van der Waals surface area contributed by atoms with Crippen LogP contribution in [-0.2, 0) is 0 Å². The molecule has 0 aliphatic rings. The van der Waals surface area contributed by atoms with E-state index in [-0.39, 0.29) is 0 Å². The second kappa shape index (κ2) is 7.84. The highest BCUT2D eigenvalue weighted by Crippen LogP contribution is 2.15. The Morgan fingerprint density at radius 3 is 2.14 bits per heavy atom. The minimum atomic E-state index is 0.737. The van der Waals surface area contributed by atoms with E-state index in [4.69, 9.17) is 0 Å². The predicted octanol–water partition coefficient (Wildman–Crippen LogP) is 5.12. The number of hydrogen-bond acceptors (Lipinski definition) is 0. The molecule has 0 aromatic heterocycles. The molecule has 0 heterocycles. The molecule has 1 unspecified atom stereocenters. The molecular formula is C14H26. The Balaban J connectivity index is 3.90. The lowest BCUT2D eigenvalue weighted by molar-refractivity contribution is 0.646. The van der Waals surface area contributed by atoms with Crippen molar-refractivity contribution in [3.8, 4) is 0 Å². The van der Waals surface area contributed by atoms with Gasteiger partial charge in [-0.2, -0.15) is 0 Å². The van der Waals surface area contributed by atoms with Crippen molar-refractivity contribution < 1.29 is 0 Å². The van der Waals surface area contributed by atoms with Crippen molar-refractivity contribution in [2.24, 2.45) is 5.92 Å². The Kier molecular flexibility index (Phi) is 7.55. The molecule has 0 N–H and O–H groups in total. The standard InChI is InChI=1S/C14H26/c1-6-14(7-2)11-13(5)10-8-9-12(3)4/h9,11,13H,6-8,10H2,1-5H3. The summed E-state index contributed by atoms with van der Waals surface area (Å²) in [4.78, 5) is 0. The molecule has 0 rings (SSSR count). The largest absolute Gasteiger partial charge is 0.0859 e. The fraction of sp³-hybridized carbons (Fsp3) is 0.714. The summed E-state index contributed by atoms with van der Waals surface area (Å²) in [6.07, 6.45) is 9.73. The molecule has 14 heavy (non-hydrogen) atoms.